The van der Waals surface area contributed by atoms with Crippen LogP contribution >= 0.6 is 0 Å². The zero-order valence-electron chi connectivity index (χ0n) is 12.5. The second-order valence-corrected chi connectivity index (χ2v) is 5.21. The fourth-order valence-electron chi connectivity index (χ4n) is 2.71. The minimum Gasteiger partial charge on any atom is -0.282 e. The molecule has 0 unspecified atom stereocenters. The van der Waals surface area contributed by atoms with Gasteiger partial charge >= 0.3 is 0 Å². The number of nitriles is 2. The number of hydrogen-bond donors (Lipinski definition) is 1. The Balaban J connectivity index is 2.41. The van der Waals surface area contributed by atoms with Crippen LogP contribution in [0.3, 0.4) is 0 Å². The summed E-state index contributed by atoms with van der Waals surface area (Å²) in [5.41, 5.74) is 5.47. The molecule has 0 amide bonds. The van der Waals surface area contributed by atoms with Crippen molar-refractivity contribution in [2.24, 2.45) is 0 Å². The van der Waals surface area contributed by atoms with E-state index in [2.05, 4.69) is 27.3 Å². The zero-order valence-corrected chi connectivity index (χ0v) is 12.5. The monoisotopic (exact) mass is 287 g/mol. The molecule has 5 heteroatoms. The molecule has 0 aliphatic heterocycles. The standard InChI is InChI=1S/C17H13N5/c1-9-14(7-18)17(15(8-19)10(2)20-9)12-4-5-16-13(6-12)11(3)21-22-16/h4-6H,1-3H3,(H,21,22). The van der Waals surface area contributed by atoms with E-state index in [4.69, 9.17) is 0 Å². The number of nitrogens with zero attached hydrogens (tertiary/aromatic N) is 4. The maximum Gasteiger partial charge on any atom is 0.102 e. The molecule has 0 atom stereocenters. The first-order chi connectivity index (χ1) is 10.6. The topological polar surface area (TPSA) is 89.2 Å². The van der Waals surface area contributed by atoms with Crippen LogP contribution in [-0.2, 0) is 0 Å². The van der Waals surface area contributed by atoms with E-state index in [1.807, 2.05) is 25.1 Å². The van der Waals surface area contributed by atoms with Crippen LogP contribution in [0, 0.1) is 43.4 Å². The molecule has 3 rings (SSSR count). The van der Waals surface area contributed by atoms with Crippen LogP contribution in [0.1, 0.15) is 28.2 Å². The van der Waals surface area contributed by atoms with Crippen LogP contribution < -0.4 is 0 Å². The first-order valence-corrected chi connectivity index (χ1v) is 6.83. The Morgan fingerprint density at radius 2 is 1.64 bits per heavy atom. The van der Waals surface area contributed by atoms with E-state index in [0.29, 0.717) is 28.1 Å². The molecule has 0 spiro atoms. The molecule has 1 N–H and O–H groups in total. The van der Waals surface area contributed by atoms with E-state index in [-0.39, 0.29) is 0 Å². The summed E-state index contributed by atoms with van der Waals surface area (Å²) in [6, 6.07) is 10.1. The number of rotatable bonds is 1. The van der Waals surface area contributed by atoms with Crippen molar-refractivity contribution in [2.45, 2.75) is 20.8 Å². The van der Waals surface area contributed by atoms with Crippen molar-refractivity contribution in [3.63, 3.8) is 0 Å². The number of H-pyrrole nitrogens is 1. The maximum atomic E-state index is 9.48. The van der Waals surface area contributed by atoms with E-state index >= 15 is 0 Å². The first-order valence-electron chi connectivity index (χ1n) is 6.83. The predicted octanol–water partition coefficient (Wildman–Crippen LogP) is 3.29. The highest BCUT2D eigenvalue weighted by Gasteiger charge is 2.18. The highest BCUT2D eigenvalue weighted by molar-refractivity contribution is 5.89. The summed E-state index contributed by atoms with van der Waals surface area (Å²) < 4.78 is 0. The highest BCUT2D eigenvalue weighted by Crippen LogP contribution is 2.32. The van der Waals surface area contributed by atoms with Crippen LogP contribution in [0.5, 0.6) is 0 Å². The van der Waals surface area contributed by atoms with Gasteiger partial charge < -0.3 is 0 Å². The molecule has 106 valence electrons. The lowest BCUT2D eigenvalue weighted by Gasteiger charge is -2.11. The molecule has 5 nitrogen and oxygen atoms in total. The maximum absolute atomic E-state index is 9.48. The van der Waals surface area contributed by atoms with Crippen LogP contribution in [-0.4, -0.2) is 15.2 Å². The van der Waals surface area contributed by atoms with Gasteiger partial charge in [-0.1, -0.05) is 6.07 Å². The van der Waals surface area contributed by atoms with Crippen molar-refractivity contribution in [1.29, 1.82) is 10.5 Å². The van der Waals surface area contributed by atoms with Crippen molar-refractivity contribution in [3.8, 4) is 23.3 Å². The lowest BCUT2D eigenvalue weighted by molar-refractivity contribution is 1.07. The molecular formula is C17H13N5. The van der Waals surface area contributed by atoms with Crippen LogP contribution in [0.25, 0.3) is 22.0 Å². The summed E-state index contributed by atoms with van der Waals surface area (Å²) >= 11 is 0. The minimum atomic E-state index is 0.447. The average Bonchev–Trinajstić information content (AvgIpc) is 2.87. The highest BCUT2D eigenvalue weighted by atomic mass is 15.1. The molecule has 3 aromatic rings. The smallest absolute Gasteiger partial charge is 0.102 e. The Hall–Kier alpha value is -3.18. The van der Waals surface area contributed by atoms with Crippen LogP contribution in [0.15, 0.2) is 18.2 Å². The van der Waals surface area contributed by atoms with E-state index in [1.165, 1.54) is 0 Å². The van der Waals surface area contributed by atoms with E-state index in [1.54, 1.807) is 13.8 Å². The number of nitrogens with one attached hydrogen (secondary N) is 1. The normalized spacial score (nSPS) is 10.4. The Morgan fingerprint density at radius 3 is 2.23 bits per heavy atom. The van der Waals surface area contributed by atoms with Gasteiger partial charge in [-0.25, -0.2) is 0 Å². The van der Waals surface area contributed by atoms with Crippen LogP contribution in [0.2, 0.25) is 0 Å². The largest absolute Gasteiger partial charge is 0.282 e. The molecule has 0 bridgehead atoms. The fourth-order valence-corrected chi connectivity index (χ4v) is 2.71. The fraction of sp³-hybridized carbons (Fsp3) is 0.176. The molecule has 0 radical (unpaired) electrons. The Labute approximate surface area is 127 Å². The van der Waals surface area contributed by atoms with Gasteiger partial charge in [-0.15, -0.1) is 0 Å². The van der Waals surface area contributed by atoms with Gasteiger partial charge in [0.25, 0.3) is 0 Å². The predicted molar refractivity (Wildman–Crippen MR) is 83.0 cm³/mol. The van der Waals surface area contributed by atoms with Gasteiger partial charge in [-0.05, 0) is 38.5 Å². The number of pyridine rings is 1. The van der Waals surface area contributed by atoms with Gasteiger partial charge in [0.2, 0.25) is 0 Å². The number of hydrogen-bond acceptors (Lipinski definition) is 4. The summed E-state index contributed by atoms with van der Waals surface area (Å²) in [6.45, 7) is 5.52. The SMILES string of the molecule is Cc1nc(C)c(C#N)c(-c2ccc3n[nH]c(C)c3c2)c1C#N. The molecule has 2 aromatic heterocycles. The number of aryl methyl sites for hydroxylation is 3. The third kappa shape index (κ3) is 1.92. The van der Waals surface area contributed by atoms with E-state index in [0.717, 1.165) is 22.2 Å². The Bertz CT molecular complexity index is 945. The van der Waals surface area contributed by atoms with Crippen molar-refractivity contribution in [3.05, 3.63) is 46.4 Å². The molecular weight excluding hydrogens is 274 g/mol. The number of benzene rings is 1. The number of fused-ring (bicyclic) bond motifs is 1. The molecule has 0 aliphatic carbocycles. The van der Waals surface area contributed by atoms with Gasteiger partial charge in [0.05, 0.1) is 28.0 Å². The van der Waals surface area contributed by atoms with Gasteiger partial charge in [0.15, 0.2) is 0 Å². The second kappa shape index (κ2) is 4.98. The first kappa shape index (κ1) is 13.8. The molecule has 0 saturated carbocycles. The molecule has 0 saturated heterocycles. The van der Waals surface area contributed by atoms with E-state index in [9.17, 15) is 10.5 Å². The van der Waals surface area contributed by atoms with Crippen molar-refractivity contribution in [2.75, 3.05) is 0 Å². The summed E-state index contributed by atoms with van der Waals surface area (Å²) in [4.78, 5) is 4.31. The van der Waals surface area contributed by atoms with Crippen molar-refractivity contribution < 1.29 is 0 Å². The van der Waals surface area contributed by atoms with Gasteiger partial charge in [0, 0.05) is 16.6 Å². The average molecular weight is 287 g/mol. The van der Waals surface area contributed by atoms with Crippen molar-refractivity contribution >= 4 is 10.9 Å². The lowest BCUT2D eigenvalue weighted by Crippen LogP contribution is -2.00. The zero-order chi connectivity index (χ0) is 15.9. The van der Waals surface area contributed by atoms with E-state index < -0.39 is 0 Å². The Morgan fingerprint density at radius 1 is 1.00 bits per heavy atom. The molecule has 1 aromatic carbocycles. The summed E-state index contributed by atoms with van der Waals surface area (Å²) in [5, 5.41) is 27.1. The number of aromatic amines is 1. The molecule has 0 aliphatic rings. The van der Waals surface area contributed by atoms with Crippen LogP contribution in [0.4, 0.5) is 0 Å². The molecule has 22 heavy (non-hydrogen) atoms. The Kier molecular flexibility index (Phi) is 3.12. The third-order valence-electron chi connectivity index (χ3n) is 3.82. The van der Waals surface area contributed by atoms with Crippen molar-refractivity contribution in [1.82, 2.24) is 15.2 Å². The third-order valence-corrected chi connectivity index (χ3v) is 3.82. The van der Waals surface area contributed by atoms with Gasteiger partial charge in [-0.3, -0.25) is 10.1 Å². The lowest BCUT2D eigenvalue weighted by atomic mass is 9.93. The van der Waals surface area contributed by atoms with Gasteiger partial charge in [-0.2, -0.15) is 15.6 Å². The molecule has 0 fully saturated rings. The quantitative estimate of drug-likeness (QED) is 0.743. The summed E-state index contributed by atoms with van der Waals surface area (Å²) in [5.74, 6) is 0. The second-order valence-electron chi connectivity index (χ2n) is 5.21. The summed E-state index contributed by atoms with van der Waals surface area (Å²) in [7, 11) is 0. The molecule has 2 heterocycles. The minimum absolute atomic E-state index is 0.447. The van der Waals surface area contributed by atoms with Gasteiger partial charge in [0.1, 0.15) is 12.1 Å². The summed E-state index contributed by atoms with van der Waals surface area (Å²) in [6.07, 6.45) is 0. The number of aromatic nitrogens is 3.